The third-order valence-corrected chi connectivity index (χ3v) is 12.8. The molecule has 0 saturated heterocycles. The summed E-state index contributed by atoms with van der Waals surface area (Å²) in [7, 11) is -9.05. The van der Waals surface area contributed by atoms with Crippen molar-refractivity contribution < 1.29 is 63.0 Å². The highest BCUT2D eigenvalue weighted by Crippen LogP contribution is 2.47. The summed E-state index contributed by atoms with van der Waals surface area (Å²) in [4.78, 5) is 44.7. The molecule has 0 bridgehead atoms. The van der Waals surface area contributed by atoms with Crippen LogP contribution in [0, 0.1) is 0 Å². The van der Waals surface area contributed by atoms with Crippen LogP contribution in [0.4, 0.5) is 24.8 Å². The number of imidazole rings is 1. The van der Waals surface area contributed by atoms with Crippen LogP contribution in [0.2, 0.25) is 10.0 Å². The molecule has 63 heavy (non-hydrogen) atoms. The number of carbonyl (C=O) groups is 3. The number of nitrogens with one attached hydrogen (secondary N) is 3. The summed E-state index contributed by atoms with van der Waals surface area (Å²) in [6.45, 7) is 0.414. The number of aromatic nitrogens is 2. The molecule has 3 aromatic carbocycles. The molecule has 25 heteroatoms. The molecular formula is C38H32Cl2F3N7O11S2. The number of nitrogens with two attached hydrogens (primary N) is 1. The predicted molar refractivity (Wildman–Crippen MR) is 221 cm³/mol. The van der Waals surface area contributed by atoms with Gasteiger partial charge in [0, 0.05) is 36.5 Å². The van der Waals surface area contributed by atoms with Crippen molar-refractivity contribution in [3.63, 3.8) is 0 Å². The van der Waals surface area contributed by atoms with Crippen molar-refractivity contribution in [3.8, 4) is 22.5 Å². The smallest absolute Gasteiger partial charge is 0.440 e. The highest BCUT2D eigenvalue weighted by Gasteiger charge is 2.67. The van der Waals surface area contributed by atoms with Gasteiger partial charge in [-0.3, -0.25) is 33.6 Å². The molecule has 0 radical (unpaired) electrons. The number of nitrogen functional groups attached to an aromatic ring is 1. The van der Waals surface area contributed by atoms with Gasteiger partial charge in [-0.2, -0.15) is 30.0 Å². The maximum absolute atomic E-state index is 14.7. The summed E-state index contributed by atoms with van der Waals surface area (Å²) in [5.74, 6) is -5.14. The molecule has 0 saturated carbocycles. The first-order valence-corrected chi connectivity index (χ1v) is 22.0. The van der Waals surface area contributed by atoms with E-state index in [1.54, 1.807) is 0 Å². The Kier molecular flexibility index (Phi) is 11.8. The fourth-order valence-electron chi connectivity index (χ4n) is 7.49. The van der Waals surface area contributed by atoms with E-state index in [9.17, 15) is 58.6 Å². The Morgan fingerprint density at radius 3 is 2.30 bits per heavy atom. The lowest BCUT2D eigenvalue weighted by atomic mass is 9.89. The van der Waals surface area contributed by atoms with Crippen LogP contribution in [0.5, 0.6) is 0 Å². The maximum atomic E-state index is 14.7. The van der Waals surface area contributed by atoms with Gasteiger partial charge >= 0.3 is 12.1 Å². The van der Waals surface area contributed by atoms with Crippen LogP contribution >= 0.6 is 23.2 Å². The summed E-state index contributed by atoms with van der Waals surface area (Å²) < 4.78 is 121. The van der Waals surface area contributed by atoms with E-state index in [1.165, 1.54) is 49.5 Å². The Hall–Kier alpha value is -5.82. The number of carboxylic acids is 1. The number of hydrogen-bond acceptors (Lipinski definition) is 12. The number of nitrogens with zero attached hydrogens (tertiary/aromatic N) is 3. The van der Waals surface area contributed by atoms with Gasteiger partial charge in [-0.1, -0.05) is 41.8 Å². The fourth-order valence-corrected chi connectivity index (χ4v) is 9.37. The number of anilines is 2. The van der Waals surface area contributed by atoms with Crippen LogP contribution < -0.4 is 27.0 Å². The van der Waals surface area contributed by atoms with Gasteiger partial charge < -0.3 is 25.9 Å². The monoisotopic (exact) mass is 953 g/mol. The number of alkyl halides is 3. The summed E-state index contributed by atoms with van der Waals surface area (Å²) in [5, 5.41) is 17.0. The zero-order valence-electron chi connectivity index (χ0n) is 32.2. The standard InChI is InChI=1S/C38H32Cl2F3N7O11S2/c1-45-25-11-9-20-29(19-8-10-24(44)32(62(55,56)57)30(19)61-31(20)33(25)63(58,59)60)18-7-6-17(13-21(18)34(52)53)16-46-12-4-2-3-5-28(51)49-37(38(41,42)43)35(54)48-36-47-26-14-22(39)23(40)15-27(26)50(36)37/h6-11,13-15,46H,2-5,12,16,44H2,1H3,(H,49,51)(H,52,53)(H,47,48,54)(H,55,56,57)(H,58,59,60). The van der Waals surface area contributed by atoms with E-state index >= 15 is 0 Å². The van der Waals surface area contributed by atoms with E-state index in [-0.39, 0.29) is 73.5 Å². The van der Waals surface area contributed by atoms with Crippen molar-refractivity contribution in [2.75, 3.05) is 24.6 Å². The molecule has 3 aliphatic rings. The lowest BCUT2D eigenvalue weighted by Crippen LogP contribution is -2.63. The largest absolute Gasteiger partial charge is 0.478 e. The highest BCUT2D eigenvalue weighted by atomic mass is 35.5. The first kappa shape index (κ1) is 45.2. The molecule has 2 aliphatic heterocycles. The third kappa shape index (κ3) is 8.04. The second-order valence-corrected chi connectivity index (χ2v) is 17.7. The zero-order valence-corrected chi connectivity index (χ0v) is 35.3. The summed E-state index contributed by atoms with van der Waals surface area (Å²) in [6, 6.07) is 11.5. The molecular weight excluding hydrogens is 922 g/mol. The molecule has 0 fully saturated rings. The molecule has 1 atom stereocenters. The molecule has 1 aromatic heterocycles. The average molecular weight is 955 g/mol. The molecule has 1 aliphatic carbocycles. The van der Waals surface area contributed by atoms with Gasteiger partial charge in [0.05, 0.1) is 37.7 Å². The van der Waals surface area contributed by atoms with Gasteiger partial charge in [0.1, 0.15) is 0 Å². The normalized spacial score (nSPS) is 15.9. The fraction of sp³-hybridized carbons (Fsp3) is 0.237. The summed E-state index contributed by atoms with van der Waals surface area (Å²) >= 11 is 12.1. The average Bonchev–Trinajstić information content (AvgIpc) is 3.66. The molecule has 4 aromatic rings. The van der Waals surface area contributed by atoms with Crippen LogP contribution in [-0.2, 0) is 42.0 Å². The Morgan fingerprint density at radius 2 is 1.65 bits per heavy atom. The van der Waals surface area contributed by atoms with Crippen molar-refractivity contribution in [2.24, 2.45) is 4.99 Å². The number of carbonyl (C=O) groups excluding carboxylic acids is 2. The van der Waals surface area contributed by atoms with Gasteiger partial charge in [-0.25, -0.2) is 9.78 Å². The minimum absolute atomic E-state index is 0.00164. The molecule has 18 nitrogen and oxygen atoms in total. The van der Waals surface area contributed by atoms with Crippen LogP contribution in [0.3, 0.4) is 0 Å². The van der Waals surface area contributed by atoms with Crippen LogP contribution in [-0.4, -0.2) is 78.2 Å². The summed E-state index contributed by atoms with van der Waals surface area (Å²) in [6.07, 6.45) is -4.78. The molecule has 7 rings (SSSR count). The van der Waals surface area contributed by atoms with Crippen LogP contribution in [0.25, 0.3) is 44.5 Å². The van der Waals surface area contributed by atoms with E-state index in [0.29, 0.717) is 29.5 Å². The molecule has 8 N–H and O–H groups in total. The number of fused-ring (bicyclic) bond motifs is 5. The number of aromatic carboxylic acids is 1. The SMILES string of the molecule is CN=c1ccc2c(-c3ccc(CNCCCCCC(=O)NC4(C(F)(F)F)C(=O)Nc5nc6cc(Cl)c(Cl)cc6n54)cc3C(=O)O)c3ccc(N)c(S(=O)(=O)O)c3oc-2c1S(=O)(=O)O. The van der Waals surface area contributed by atoms with Gasteiger partial charge in [-0.15, -0.1) is 0 Å². The molecule has 3 heterocycles. The van der Waals surface area contributed by atoms with Gasteiger partial charge in [0.2, 0.25) is 11.9 Å². The molecule has 0 spiro atoms. The van der Waals surface area contributed by atoms with Crippen molar-refractivity contribution in [3.05, 3.63) is 81.1 Å². The van der Waals surface area contributed by atoms with Gasteiger partial charge in [-0.05, 0) is 73.0 Å². The van der Waals surface area contributed by atoms with Crippen LogP contribution in [0.15, 0.2) is 73.8 Å². The van der Waals surface area contributed by atoms with Crippen molar-refractivity contribution in [2.45, 2.75) is 53.9 Å². The Labute approximate surface area is 363 Å². The highest BCUT2D eigenvalue weighted by molar-refractivity contribution is 7.86. The molecule has 332 valence electrons. The number of rotatable bonds is 13. The number of halogens is 5. The lowest BCUT2D eigenvalue weighted by Gasteiger charge is -2.32. The molecule has 2 amide bonds. The van der Waals surface area contributed by atoms with Crippen molar-refractivity contribution >= 4 is 94.9 Å². The third-order valence-electron chi connectivity index (χ3n) is 10.2. The maximum Gasteiger partial charge on any atom is 0.440 e. The number of unbranched alkanes of at least 4 members (excludes halogenated alkanes) is 2. The number of benzene rings is 4. The second kappa shape index (κ2) is 16.4. The van der Waals surface area contributed by atoms with E-state index in [1.807, 2.05) is 5.32 Å². The summed E-state index contributed by atoms with van der Waals surface area (Å²) in [5.41, 5.74) is 1.02. The van der Waals surface area contributed by atoms with E-state index < -0.39 is 82.6 Å². The predicted octanol–water partition coefficient (Wildman–Crippen LogP) is 5.80. The van der Waals surface area contributed by atoms with Crippen molar-refractivity contribution in [1.82, 2.24) is 20.2 Å². The lowest BCUT2D eigenvalue weighted by molar-refractivity contribution is -0.217. The van der Waals surface area contributed by atoms with Gasteiger partial charge in [0.15, 0.2) is 21.1 Å². The van der Waals surface area contributed by atoms with E-state index in [2.05, 4.69) is 20.6 Å². The van der Waals surface area contributed by atoms with E-state index in [4.69, 9.17) is 33.4 Å². The minimum atomic E-state index is -5.30. The minimum Gasteiger partial charge on any atom is -0.478 e. The van der Waals surface area contributed by atoms with E-state index in [0.717, 1.165) is 12.1 Å². The Bertz CT molecular complexity index is 3200. The quantitative estimate of drug-likeness (QED) is 0.0312. The second-order valence-electron chi connectivity index (χ2n) is 14.2. The first-order valence-electron chi connectivity index (χ1n) is 18.3. The number of amides is 2. The Balaban J connectivity index is 1.08. The number of hydrogen-bond donors (Lipinski definition) is 7. The van der Waals surface area contributed by atoms with Crippen molar-refractivity contribution in [1.29, 1.82) is 0 Å². The Morgan fingerprint density at radius 1 is 0.968 bits per heavy atom. The zero-order chi connectivity index (χ0) is 46.0. The first-order chi connectivity index (χ1) is 29.5. The topological polar surface area (TPSA) is 286 Å². The van der Waals surface area contributed by atoms with Crippen LogP contribution in [0.1, 0.15) is 41.6 Å². The number of carboxylic acid groups (broad SMARTS) is 1. The van der Waals surface area contributed by atoms with Gasteiger partial charge in [0.25, 0.3) is 31.8 Å². The molecule has 1 unspecified atom stereocenters.